The minimum atomic E-state index is 0.627. The zero-order valence-corrected chi connectivity index (χ0v) is 11.5. The van der Waals surface area contributed by atoms with Crippen LogP contribution in [0.1, 0.15) is 44.2 Å². The summed E-state index contributed by atoms with van der Waals surface area (Å²) in [5.41, 5.74) is 1.74. The van der Waals surface area contributed by atoms with Crippen LogP contribution in [0, 0.1) is 23.2 Å². The predicted octanol–water partition coefficient (Wildman–Crippen LogP) is 2.78. The minimum Gasteiger partial charge on any atom is -0.311 e. The molecule has 0 amide bonds. The minimum absolute atomic E-state index is 0.627. The van der Waals surface area contributed by atoms with Gasteiger partial charge in [-0.15, -0.1) is 0 Å². The summed E-state index contributed by atoms with van der Waals surface area (Å²) in [6.45, 7) is 2.09. The Labute approximate surface area is 115 Å². The van der Waals surface area contributed by atoms with Crippen LogP contribution in [-0.4, -0.2) is 16.5 Å². The molecule has 0 spiro atoms. The van der Waals surface area contributed by atoms with E-state index in [1.165, 1.54) is 45.1 Å². The van der Waals surface area contributed by atoms with E-state index in [1.54, 1.807) is 6.33 Å². The second-order valence-corrected chi connectivity index (χ2v) is 7.22. The molecule has 19 heavy (non-hydrogen) atoms. The topological polar surface area (TPSA) is 37.8 Å². The van der Waals surface area contributed by atoms with Gasteiger partial charge in [0.25, 0.3) is 0 Å². The average molecular weight is 257 g/mol. The smallest absolute Gasteiger partial charge is 0.115 e. The number of hydrogen-bond acceptors (Lipinski definition) is 3. The average Bonchev–Trinajstić information content (AvgIpc) is 2.38. The van der Waals surface area contributed by atoms with Crippen molar-refractivity contribution in [3.05, 3.63) is 24.3 Å². The van der Waals surface area contributed by atoms with Crippen molar-refractivity contribution < 1.29 is 0 Å². The van der Waals surface area contributed by atoms with E-state index in [2.05, 4.69) is 15.3 Å². The molecule has 1 N–H and O–H groups in total. The summed E-state index contributed by atoms with van der Waals surface area (Å²) in [6.07, 6.45) is 12.5. The fraction of sp³-hybridized carbons (Fsp3) is 0.750. The van der Waals surface area contributed by atoms with E-state index in [0.29, 0.717) is 5.41 Å². The molecule has 1 heterocycles. The Morgan fingerprint density at radius 3 is 2.37 bits per heavy atom. The maximum absolute atomic E-state index is 4.29. The third-order valence-corrected chi connectivity index (χ3v) is 5.61. The molecule has 0 atom stereocenters. The highest BCUT2D eigenvalue weighted by molar-refractivity contribution is 5.03. The van der Waals surface area contributed by atoms with Crippen molar-refractivity contribution in [1.29, 1.82) is 0 Å². The molecule has 1 aromatic rings. The lowest BCUT2D eigenvalue weighted by Crippen LogP contribution is -2.50. The normalized spacial score (nSPS) is 39.7. The standard InChI is InChI=1S/C16H23N3/c1-2-17-11-19-15(1)9-18-10-16-6-12-3-13(7-16)5-14(4-12)8-16/h1-2,11-14,18H,3-10H2. The van der Waals surface area contributed by atoms with E-state index in [0.717, 1.165) is 30.0 Å². The molecule has 0 aliphatic heterocycles. The largest absolute Gasteiger partial charge is 0.311 e. The van der Waals surface area contributed by atoms with Crippen LogP contribution in [-0.2, 0) is 6.54 Å². The summed E-state index contributed by atoms with van der Waals surface area (Å²) in [5, 5.41) is 3.67. The first-order valence-corrected chi connectivity index (χ1v) is 7.77. The third-order valence-electron chi connectivity index (χ3n) is 5.61. The van der Waals surface area contributed by atoms with Crippen molar-refractivity contribution in [3.63, 3.8) is 0 Å². The van der Waals surface area contributed by atoms with Crippen LogP contribution in [0.5, 0.6) is 0 Å². The van der Waals surface area contributed by atoms with Gasteiger partial charge in [-0.2, -0.15) is 0 Å². The van der Waals surface area contributed by atoms with Crippen molar-refractivity contribution in [2.45, 2.75) is 45.1 Å². The van der Waals surface area contributed by atoms with E-state index in [9.17, 15) is 0 Å². The summed E-state index contributed by atoms with van der Waals surface area (Å²) in [5.74, 6) is 3.14. The zero-order chi connectivity index (χ0) is 12.7. The molecular weight excluding hydrogens is 234 g/mol. The van der Waals surface area contributed by atoms with Crippen LogP contribution in [0.2, 0.25) is 0 Å². The Hall–Kier alpha value is -0.960. The Bertz CT molecular complexity index is 407. The first-order chi connectivity index (χ1) is 9.31. The molecule has 102 valence electrons. The van der Waals surface area contributed by atoms with Crippen LogP contribution in [0.25, 0.3) is 0 Å². The Balaban J connectivity index is 1.38. The molecule has 4 aliphatic rings. The van der Waals surface area contributed by atoms with Crippen LogP contribution in [0.4, 0.5) is 0 Å². The SMILES string of the molecule is c1cc(CNCC23CC4CC(CC(C4)C2)C3)ncn1. The second-order valence-electron chi connectivity index (χ2n) is 7.22. The molecule has 1 aromatic heterocycles. The van der Waals surface area contributed by atoms with Crippen molar-refractivity contribution in [2.75, 3.05) is 6.54 Å². The summed E-state index contributed by atoms with van der Waals surface area (Å²) >= 11 is 0. The number of rotatable bonds is 4. The van der Waals surface area contributed by atoms with Gasteiger partial charge in [0.15, 0.2) is 0 Å². The lowest BCUT2D eigenvalue weighted by molar-refractivity contribution is -0.0514. The highest BCUT2D eigenvalue weighted by Crippen LogP contribution is 2.59. The van der Waals surface area contributed by atoms with Gasteiger partial charge in [0.2, 0.25) is 0 Å². The van der Waals surface area contributed by atoms with Gasteiger partial charge in [-0.1, -0.05) is 0 Å². The predicted molar refractivity (Wildman–Crippen MR) is 74.3 cm³/mol. The number of nitrogens with one attached hydrogen (secondary N) is 1. The van der Waals surface area contributed by atoms with Gasteiger partial charge < -0.3 is 5.32 Å². The van der Waals surface area contributed by atoms with Gasteiger partial charge in [0.05, 0.1) is 5.69 Å². The molecule has 0 saturated heterocycles. The molecule has 4 bridgehead atoms. The summed E-state index contributed by atoms with van der Waals surface area (Å²) in [7, 11) is 0. The molecular formula is C16H23N3. The van der Waals surface area contributed by atoms with Gasteiger partial charge >= 0.3 is 0 Å². The number of nitrogens with zero attached hydrogens (tertiary/aromatic N) is 2. The lowest BCUT2D eigenvalue weighted by atomic mass is 9.49. The Morgan fingerprint density at radius 1 is 1.11 bits per heavy atom. The summed E-state index contributed by atoms with van der Waals surface area (Å²) in [4.78, 5) is 8.26. The van der Waals surface area contributed by atoms with Crippen LogP contribution in [0.15, 0.2) is 18.6 Å². The van der Waals surface area contributed by atoms with E-state index in [1.807, 2.05) is 12.3 Å². The molecule has 3 heteroatoms. The van der Waals surface area contributed by atoms with Gasteiger partial charge in [-0.3, -0.25) is 0 Å². The maximum atomic E-state index is 4.29. The van der Waals surface area contributed by atoms with Crippen LogP contribution < -0.4 is 5.32 Å². The first kappa shape index (κ1) is 11.8. The zero-order valence-electron chi connectivity index (χ0n) is 11.5. The Kier molecular flexibility index (Phi) is 2.83. The van der Waals surface area contributed by atoms with Gasteiger partial charge in [-0.05, 0) is 67.8 Å². The summed E-state index contributed by atoms with van der Waals surface area (Å²) < 4.78 is 0. The van der Waals surface area contributed by atoms with E-state index in [-0.39, 0.29) is 0 Å². The first-order valence-electron chi connectivity index (χ1n) is 7.77. The van der Waals surface area contributed by atoms with Gasteiger partial charge in [0.1, 0.15) is 6.33 Å². The molecule has 0 radical (unpaired) electrons. The van der Waals surface area contributed by atoms with Gasteiger partial charge in [0, 0.05) is 19.3 Å². The molecule has 5 rings (SSSR count). The molecule has 4 aliphatic carbocycles. The molecule has 4 fully saturated rings. The number of hydrogen-bond donors (Lipinski definition) is 1. The maximum Gasteiger partial charge on any atom is 0.115 e. The highest BCUT2D eigenvalue weighted by atomic mass is 14.9. The molecule has 4 saturated carbocycles. The lowest BCUT2D eigenvalue weighted by Gasteiger charge is -2.57. The molecule has 3 nitrogen and oxygen atoms in total. The Morgan fingerprint density at radius 2 is 1.79 bits per heavy atom. The van der Waals surface area contributed by atoms with Crippen molar-refractivity contribution in [1.82, 2.24) is 15.3 Å². The molecule has 0 unspecified atom stereocenters. The highest BCUT2D eigenvalue weighted by Gasteiger charge is 2.50. The molecule has 0 aromatic carbocycles. The fourth-order valence-corrected chi connectivity index (χ4v) is 5.38. The number of aromatic nitrogens is 2. The third kappa shape index (κ3) is 2.29. The van der Waals surface area contributed by atoms with Gasteiger partial charge in [-0.25, -0.2) is 9.97 Å². The monoisotopic (exact) mass is 257 g/mol. The van der Waals surface area contributed by atoms with Crippen LogP contribution in [0.3, 0.4) is 0 Å². The van der Waals surface area contributed by atoms with E-state index < -0.39 is 0 Å². The van der Waals surface area contributed by atoms with Crippen molar-refractivity contribution in [3.8, 4) is 0 Å². The van der Waals surface area contributed by atoms with Crippen LogP contribution >= 0.6 is 0 Å². The van der Waals surface area contributed by atoms with Crippen molar-refractivity contribution >= 4 is 0 Å². The fourth-order valence-electron chi connectivity index (χ4n) is 5.38. The van der Waals surface area contributed by atoms with E-state index in [4.69, 9.17) is 0 Å². The second kappa shape index (κ2) is 4.55. The van der Waals surface area contributed by atoms with E-state index >= 15 is 0 Å². The van der Waals surface area contributed by atoms with Crippen molar-refractivity contribution in [2.24, 2.45) is 23.2 Å². The summed E-state index contributed by atoms with van der Waals surface area (Å²) in [6, 6.07) is 2.01. The quantitative estimate of drug-likeness (QED) is 0.901.